The van der Waals surface area contributed by atoms with Gasteiger partial charge in [0.25, 0.3) is 0 Å². The van der Waals surface area contributed by atoms with Crippen LogP contribution in [-0.2, 0) is 6.42 Å². The van der Waals surface area contributed by atoms with Crippen molar-refractivity contribution in [2.45, 2.75) is 32.2 Å². The molecule has 26 heavy (non-hydrogen) atoms. The minimum atomic E-state index is 0.672. The number of hydrogen-bond donors (Lipinski definition) is 0. The van der Waals surface area contributed by atoms with Crippen molar-refractivity contribution in [1.82, 2.24) is 14.9 Å². The second-order valence-electron chi connectivity index (χ2n) is 7.03. The van der Waals surface area contributed by atoms with Crippen LogP contribution in [0.5, 0.6) is 0 Å². The van der Waals surface area contributed by atoms with Crippen LogP contribution in [0.4, 0.5) is 0 Å². The summed E-state index contributed by atoms with van der Waals surface area (Å²) >= 11 is 0. The molecule has 2 aromatic carbocycles. The van der Waals surface area contributed by atoms with E-state index in [1.807, 2.05) is 36.5 Å². The van der Waals surface area contributed by atoms with Crippen molar-refractivity contribution in [2.75, 3.05) is 13.1 Å². The predicted molar refractivity (Wildman–Crippen MR) is 104 cm³/mol. The minimum absolute atomic E-state index is 0.672. The van der Waals surface area contributed by atoms with Crippen molar-refractivity contribution in [3.8, 4) is 17.2 Å². The van der Waals surface area contributed by atoms with Gasteiger partial charge in [0.1, 0.15) is 0 Å². The summed E-state index contributed by atoms with van der Waals surface area (Å²) in [5.41, 5.74) is 5.75. The molecule has 1 atom stereocenters. The van der Waals surface area contributed by atoms with Crippen molar-refractivity contribution >= 4 is 11.0 Å². The lowest BCUT2D eigenvalue weighted by Crippen LogP contribution is -2.29. The average Bonchev–Trinajstić information content (AvgIpc) is 3.10. The first kappa shape index (κ1) is 16.7. The number of rotatable bonds is 4. The minimum Gasteiger partial charge on any atom is -0.300 e. The number of likely N-dealkylation sites (tertiary alicyclic amines) is 1. The maximum absolute atomic E-state index is 8.92. The van der Waals surface area contributed by atoms with E-state index in [9.17, 15) is 0 Å². The van der Waals surface area contributed by atoms with Crippen LogP contribution in [0.1, 0.15) is 31.0 Å². The van der Waals surface area contributed by atoms with Gasteiger partial charge >= 0.3 is 0 Å². The Morgan fingerprint density at radius 3 is 2.65 bits per heavy atom. The van der Waals surface area contributed by atoms with E-state index < -0.39 is 0 Å². The van der Waals surface area contributed by atoms with E-state index in [2.05, 4.69) is 35.0 Å². The lowest BCUT2D eigenvalue weighted by atomic mass is 10.0. The highest BCUT2D eigenvalue weighted by Gasteiger charge is 2.19. The Kier molecular flexibility index (Phi) is 4.64. The molecule has 4 rings (SSSR count). The van der Waals surface area contributed by atoms with Gasteiger partial charge in [-0.05, 0) is 61.7 Å². The number of hydrogen-bond acceptors (Lipinski definition) is 4. The van der Waals surface area contributed by atoms with Gasteiger partial charge in [0.05, 0.1) is 28.4 Å². The van der Waals surface area contributed by atoms with Gasteiger partial charge in [0.15, 0.2) is 0 Å². The largest absolute Gasteiger partial charge is 0.300 e. The molecular weight excluding hydrogens is 320 g/mol. The maximum atomic E-state index is 8.92. The molecule has 0 amide bonds. The highest BCUT2D eigenvalue weighted by molar-refractivity contribution is 5.81. The first-order chi connectivity index (χ1) is 12.7. The van der Waals surface area contributed by atoms with E-state index in [0.29, 0.717) is 11.6 Å². The maximum Gasteiger partial charge on any atom is 0.0991 e. The van der Waals surface area contributed by atoms with Crippen molar-refractivity contribution in [3.05, 3.63) is 59.9 Å². The Hall–Kier alpha value is -2.77. The Morgan fingerprint density at radius 2 is 1.92 bits per heavy atom. The van der Waals surface area contributed by atoms with Crippen LogP contribution < -0.4 is 0 Å². The van der Waals surface area contributed by atoms with Gasteiger partial charge in [-0.15, -0.1) is 0 Å². The number of aromatic nitrogens is 2. The molecule has 130 valence electrons. The molecule has 2 heterocycles. The summed E-state index contributed by atoms with van der Waals surface area (Å²) in [4.78, 5) is 12.0. The molecule has 1 saturated heterocycles. The second-order valence-corrected chi connectivity index (χ2v) is 7.03. The summed E-state index contributed by atoms with van der Waals surface area (Å²) in [5, 5.41) is 8.92. The van der Waals surface area contributed by atoms with E-state index >= 15 is 0 Å². The summed E-state index contributed by atoms with van der Waals surface area (Å²) in [7, 11) is 0. The van der Waals surface area contributed by atoms with Crippen LogP contribution in [0, 0.1) is 11.3 Å². The fourth-order valence-corrected chi connectivity index (χ4v) is 3.67. The van der Waals surface area contributed by atoms with Gasteiger partial charge in [0, 0.05) is 25.2 Å². The zero-order valence-electron chi connectivity index (χ0n) is 15.0. The third-order valence-corrected chi connectivity index (χ3v) is 5.29. The third-order valence-electron chi connectivity index (χ3n) is 5.29. The molecule has 0 saturated carbocycles. The molecule has 4 nitrogen and oxygen atoms in total. The summed E-state index contributed by atoms with van der Waals surface area (Å²) in [6, 6.07) is 16.6. The van der Waals surface area contributed by atoms with Gasteiger partial charge in [-0.25, -0.2) is 4.98 Å². The molecule has 3 aromatic rings. The van der Waals surface area contributed by atoms with Gasteiger partial charge in [-0.2, -0.15) is 5.26 Å². The highest BCUT2D eigenvalue weighted by Crippen LogP contribution is 2.23. The van der Waals surface area contributed by atoms with Crippen LogP contribution >= 0.6 is 0 Å². The van der Waals surface area contributed by atoms with E-state index in [1.54, 1.807) is 0 Å². The van der Waals surface area contributed by atoms with Gasteiger partial charge < -0.3 is 4.90 Å². The smallest absolute Gasteiger partial charge is 0.0991 e. The van der Waals surface area contributed by atoms with Crippen molar-refractivity contribution < 1.29 is 0 Å². The van der Waals surface area contributed by atoms with Gasteiger partial charge in [-0.1, -0.05) is 18.2 Å². The molecule has 1 aromatic heterocycles. The zero-order valence-corrected chi connectivity index (χ0v) is 15.0. The first-order valence-electron chi connectivity index (χ1n) is 9.23. The summed E-state index contributed by atoms with van der Waals surface area (Å²) in [5.74, 6) is 0. The van der Waals surface area contributed by atoms with Gasteiger partial charge in [-0.3, -0.25) is 4.98 Å². The van der Waals surface area contributed by atoms with Crippen molar-refractivity contribution in [2.24, 2.45) is 0 Å². The number of benzene rings is 2. The molecule has 0 spiro atoms. The van der Waals surface area contributed by atoms with E-state index in [1.165, 1.54) is 19.4 Å². The summed E-state index contributed by atoms with van der Waals surface area (Å²) in [6.07, 6.45) is 5.47. The number of nitriles is 1. The van der Waals surface area contributed by atoms with Crippen LogP contribution in [0.3, 0.4) is 0 Å². The molecule has 0 unspecified atom stereocenters. The molecule has 0 bridgehead atoms. The third kappa shape index (κ3) is 3.44. The Labute approximate surface area is 154 Å². The van der Waals surface area contributed by atoms with Crippen molar-refractivity contribution in [3.63, 3.8) is 0 Å². The highest BCUT2D eigenvalue weighted by atomic mass is 15.2. The Morgan fingerprint density at radius 1 is 1.12 bits per heavy atom. The van der Waals surface area contributed by atoms with Crippen LogP contribution in [0.2, 0.25) is 0 Å². The van der Waals surface area contributed by atoms with Crippen LogP contribution in [0.25, 0.3) is 22.2 Å². The SMILES string of the molecule is C[C@H]1CCCN1CCc1cnc2cc(-c3ccc(C#N)cc3)ccc2n1. The molecule has 1 aliphatic rings. The summed E-state index contributed by atoms with van der Waals surface area (Å²) < 4.78 is 0. The zero-order chi connectivity index (χ0) is 17.9. The monoisotopic (exact) mass is 342 g/mol. The van der Waals surface area contributed by atoms with Crippen LogP contribution in [0.15, 0.2) is 48.7 Å². The average molecular weight is 342 g/mol. The first-order valence-corrected chi connectivity index (χ1v) is 9.23. The normalized spacial score (nSPS) is 17.5. The quantitative estimate of drug-likeness (QED) is 0.713. The van der Waals surface area contributed by atoms with Crippen molar-refractivity contribution in [1.29, 1.82) is 5.26 Å². The molecule has 0 radical (unpaired) electrons. The molecule has 0 N–H and O–H groups in total. The standard InChI is InChI=1S/C22H22N4/c1-16-3-2-11-26(16)12-10-20-15-24-22-13-19(8-9-21(22)25-20)18-6-4-17(14-23)5-7-18/h4-9,13,15-16H,2-3,10-12H2,1H3/t16-/m0/s1. The van der Waals surface area contributed by atoms with E-state index in [-0.39, 0.29) is 0 Å². The van der Waals surface area contributed by atoms with E-state index in [0.717, 1.165) is 40.8 Å². The second kappa shape index (κ2) is 7.23. The fraction of sp³-hybridized carbons (Fsp3) is 0.318. The lowest BCUT2D eigenvalue weighted by molar-refractivity contribution is 0.271. The molecule has 1 fully saturated rings. The lowest BCUT2D eigenvalue weighted by Gasteiger charge is -2.20. The molecule has 4 heteroatoms. The summed E-state index contributed by atoms with van der Waals surface area (Å²) in [6.45, 7) is 4.57. The molecular formula is C22H22N4. The number of fused-ring (bicyclic) bond motifs is 1. The Bertz CT molecular complexity index is 956. The fourth-order valence-electron chi connectivity index (χ4n) is 3.67. The van der Waals surface area contributed by atoms with Gasteiger partial charge in [0.2, 0.25) is 0 Å². The molecule has 0 aliphatic carbocycles. The van der Waals surface area contributed by atoms with Crippen LogP contribution in [-0.4, -0.2) is 34.0 Å². The van der Waals surface area contributed by atoms with E-state index in [4.69, 9.17) is 10.2 Å². The predicted octanol–water partition coefficient (Wildman–Crippen LogP) is 4.20. The molecule has 1 aliphatic heterocycles. The Balaban J connectivity index is 1.53. The topological polar surface area (TPSA) is 52.8 Å². The number of nitrogens with zero attached hydrogens (tertiary/aromatic N) is 4.